The van der Waals surface area contributed by atoms with Crippen LogP contribution in [0.5, 0.6) is 17.2 Å². The van der Waals surface area contributed by atoms with Gasteiger partial charge in [0.25, 0.3) is 5.56 Å². The van der Waals surface area contributed by atoms with Gasteiger partial charge >= 0.3 is 5.97 Å². The van der Waals surface area contributed by atoms with Gasteiger partial charge in [0.15, 0.2) is 16.3 Å². The number of allylic oxidation sites excluding steroid dienone is 1. The number of rotatable bonds is 9. The zero-order chi connectivity index (χ0) is 30.7. The highest BCUT2D eigenvalue weighted by Gasteiger charge is 2.34. The number of hydrogen-bond acceptors (Lipinski definition) is 8. The first kappa shape index (κ1) is 30.1. The van der Waals surface area contributed by atoms with Gasteiger partial charge in [0.05, 0.1) is 42.7 Å². The molecule has 0 radical (unpaired) electrons. The number of nitrogens with zero attached hydrogens (tertiary/aromatic N) is 2. The second kappa shape index (κ2) is 12.8. The molecule has 222 valence electrons. The van der Waals surface area contributed by atoms with Crippen molar-refractivity contribution in [2.24, 2.45) is 4.99 Å². The van der Waals surface area contributed by atoms with Crippen molar-refractivity contribution in [2.75, 3.05) is 20.8 Å². The summed E-state index contributed by atoms with van der Waals surface area (Å²) in [5, 5.41) is 0.455. The van der Waals surface area contributed by atoms with Gasteiger partial charge in [0.1, 0.15) is 18.2 Å². The third-order valence-corrected chi connectivity index (χ3v) is 8.02. The van der Waals surface area contributed by atoms with E-state index in [0.29, 0.717) is 48.4 Å². The van der Waals surface area contributed by atoms with Gasteiger partial charge in [-0.1, -0.05) is 41.1 Å². The number of fused-ring (bicyclic) bond motifs is 1. The molecule has 0 spiro atoms. The molecular formula is C32H28ClFN2O6S. The minimum Gasteiger partial charge on any atom is -0.493 e. The molecule has 1 aromatic heterocycles. The van der Waals surface area contributed by atoms with Crippen LogP contribution in [0.2, 0.25) is 5.02 Å². The predicted molar refractivity (Wildman–Crippen MR) is 162 cm³/mol. The number of aromatic nitrogens is 1. The first-order valence-electron chi connectivity index (χ1n) is 13.3. The molecule has 0 aliphatic carbocycles. The summed E-state index contributed by atoms with van der Waals surface area (Å²) in [7, 11) is 3.04. The summed E-state index contributed by atoms with van der Waals surface area (Å²) in [5.41, 5.74) is 2.30. The van der Waals surface area contributed by atoms with E-state index in [1.165, 1.54) is 42.3 Å². The van der Waals surface area contributed by atoms with Gasteiger partial charge in [0, 0.05) is 10.6 Å². The van der Waals surface area contributed by atoms with Crippen molar-refractivity contribution >= 4 is 35.0 Å². The molecule has 4 aromatic rings. The van der Waals surface area contributed by atoms with E-state index in [2.05, 4.69) is 4.99 Å². The highest BCUT2D eigenvalue weighted by molar-refractivity contribution is 7.07. The maximum absolute atomic E-state index is 14.1. The average molecular weight is 623 g/mol. The number of esters is 1. The Bertz CT molecular complexity index is 1900. The van der Waals surface area contributed by atoms with Crippen LogP contribution in [-0.2, 0) is 16.1 Å². The van der Waals surface area contributed by atoms with Gasteiger partial charge in [-0.05, 0) is 73.5 Å². The molecular weight excluding hydrogens is 595 g/mol. The largest absolute Gasteiger partial charge is 0.493 e. The van der Waals surface area contributed by atoms with Gasteiger partial charge < -0.3 is 18.9 Å². The summed E-state index contributed by atoms with van der Waals surface area (Å²) in [5.74, 6) is 0.538. The number of hydrogen-bond donors (Lipinski definition) is 0. The summed E-state index contributed by atoms with van der Waals surface area (Å²) in [4.78, 5) is 32.3. The Morgan fingerprint density at radius 1 is 1.05 bits per heavy atom. The summed E-state index contributed by atoms with van der Waals surface area (Å²) in [6, 6.07) is 15.5. The van der Waals surface area contributed by atoms with Crippen molar-refractivity contribution in [2.45, 2.75) is 26.5 Å². The Labute approximate surface area is 255 Å². The smallest absolute Gasteiger partial charge is 0.338 e. The Kier molecular flexibility index (Phi) is 8.98. The first-order chi connectivity index (χ1) is 20.7. The molecule has 43 heavy (non-hydrogen) atoms. The first-order valence-corrected chi connectivity index (χ1v) is 14.5. The molecule has 0 bridgehead atoms. The summed E-state index contributed by atoms with van der Waals surface area (Å²) in [6.45, 7) is 3.78. The lowest BCUT2D eigenvalue weighted by atomic mass is 9.95. The van der Waals surface area contributed by atoms with E-state index < -0.39 is 12.0 Å². The summed E-state index contributed by atoms with van der Waals surface area (Å²) >= 11 is 7.50. The highest BCUT2D eigenvalue weighted by Crippen LogP contribution is 2.36. The second-order valence-corrected chi connectivity index (χ2v) is 11.0. The highest BCUT2D eigenvalue weighted by atomic mass is 35.5. The molecule has 0 N–H and O–H groups in total. The number of thiazole rings is 1. The average Bonchev–Trinajstić information content (AvgIpc) is 3.30. The molecule has 0 saturated carbocycles. The molecule has 3 aromatic carbocycles. The van der Waals surface area contributed by atoms with Gasteiger partial charge in [-0.25, -0.2) is 14.2 Å². The SMILES string of the molecule is CCOC(=O)C1=C(C)N=c2s/c(=C/c3cc(Cl)ccc3OCc3ccc(F)cc3)c(=O)n2C1c1ccc(OC)c(OC)c1. The van der Waals surface area contributed by atoms with Crippen LogP contribution < -0.4 is 29.1 Å². The van der Waals surface area contributed by atoms with Crippen LogP contribution in [-0.4, -0.2) is 31.4 Å². The minimum absolute atomic E-state index is 0.161. The van der Waals surface area contributed by atoms with Crippen LogP contribution in [0.3, 0.4) is 0 Å². The summed E-state index contributed by atoms with van der Waals surface area (Å²) < 4.78 is 37.5. The van der Waals surface area contributed by atoms with E-state index in [1.54, 1.807) is 68.5 Å². The minimum atomic E-state index is -0.828. The van der Waals surface area contributed by atoms with Crippen molar-refractivity contribution in [3.8, 4) is 17.2 Å². The van der Waals surface area contributed by atoms with Crippen LogP contribution in [0.15, 0.2) is 81.7 Å². The monoisotopic (exact) mass is 622 g/mol. The van der Waals surface area contributed by atoms with Crippen molar-refractivity contribution in [3.63, 3.8) is 0 Å². The number of carbonyl (C=O) groups is 1. The number of ether oxygens (including phenoxy) is 4. The lowest BCUT2D eigenvalue weighted by molar-refractivity contribution is -0.139. The third kappa shape index (κ3) is 6.21. The van der Waals surface area contributed by atoms with E-state index in [4.69, 9.17) is 30.5 Å². The van der Waals surface area contributed by atoms with Crippen molar-refractivity contribution in [3.05, 3.63) is 119 Å². The maximum Gasteiger partial charge on any atom is 0.338 e. The van der Waals surface area contributed by atoms with E-state index in [9.17, 15) is 14.0 Å². The molecule has 0 amide bonds. The number of carbonyl (C=O) groups excluding carboxylic acids is 1. The zero-order valence-electron chi connectivity index (χ0n) is 23.9. The standard InChI is InChI=1S/C32H28ClFN2O6S/c1-5-41-31(38)28-18(2)35-32-36(29(28)20-8-12-25(39-3)26(15-20)40-4)30(37)27(43-32)16-21-14-22(33)9-13-24(21)42-17-19-6-10-23(34)11-7-19/h6-16,29H,5,17H2,1-4H3/b27-16+. The summed E-state index contributed by atoms with van der Waals surface area (Å²) in [6.07, 6.45) is 1.69. The lowest BCUT2D eigenvalue weighted by Crippen LogP contribution is -2.40. The van der Waals surface area contributed by atoms with Crippen molar-refractivity contribution < 1.29 is 28.1 Å². The van der Waals surface area contributed by atoms with Crippen LogP contribution in [0, 0.1) is 5.82 Å². The topological polar surface area (TPSA) is 88.4 Å². The van der Waals surface area contributed by atoms with Gasteiger partial charge in [0.2, 0.25) is 0 Å². The quantitative estimate of drug-likeness (QED) is 0.239. The van der Waals surface area contributed by atoms with E-state index in [1.807, 2.05) is 0 Å². The van der Waals surface area contributed by atoms with E-state index in [-0.39, 0.29) is 30.2 Å². The molecule has 1 aliphatic rings. The molecule has 2 heterocycles. The maximum atomic E-state index is 14.1. The van der Waals surface area contributed by atoms with Crippen LogP contribution in [0.1, 0.15) is 36.6 Å². The van der Waals surface area contributed by atoms with E-state index in [0.717, 1.165) is 5.56 Å². The third-order valence-electron chi connectivity index (χ3n) is 6.81. The lowest BCUT2D eigenvalue weighted by Gasteiger charge is -2.25. The Morgan fingerprint density at radius 3 is 2.47 bits per heavy atom. The molecule has 11 heteroatoms. The molecule has 0 saturated heterocycles. The van der Waals surface area contributed by atoms with Crippen molar-refractivity contribution in [1.29, 1.82) is 0 Å². The Balaban J connectivity index is 1.64. The molecule has 0 fully saturated rings. The van der Waals surface area contributed by atoms with Crippen LogP contribution in [0.25, 0.3) is 6.08 Å². The fourth-order valence-electron chi connectivity index (χ4n) is 4.78. The molecule has 1 unspecified atom stereocenters. The normalized spacial score (nSPS) is 14.7. The number of benzene rings is 3. The van der Waals surface area contributed by atoms with Crippen LogP contribution >= 0.6 is 22.9 Å². The molecule has 1 aliphatic heterocycles. The fraction of sp³-hybridized carbons (Fsp3) is 0.219. The Hall–Kier alpha value is -4.41. The molecule has 1 atom stereocenters. The number of methoxy groups -OCH3 is 2. The molecule has 8 nitrogen and oxygen atoms in total. The molecule has 5 rings (SSSR count). The van der Waals surface area contributed by atoms with Gasteiger partial charge in [-0.15, -0.1) is 0 Å². The van der Waals surface area contributed by atoms with Crippen molar-refractivity contribution in [1.82, 2.24) is 4.57 Å². The fourth-order valence-corrected chi connectivity index (χ4v) is 5.99. The second-order valence-electron chi connectivity index (χ2n) is 9.51. The zero-order valence-corrected chi connectivity index (χ0v) is 25.4. The van der Waals surface area contributed by atoms with Gasteiger partial charge in [-0.2, -0.15) is 0 Å². The van der Waals surface area contributed by atoms with Crippen LogP contribution in [0.4, 0.5) is 4.39 Å². The number of halogens is 2. The Morgan fingerprint density at radius 2 is 1.77 bits per heavy atom. The predicted octanol–water partition coefficient (Wildman–Crippen LogP) is 5.19. The van der Waals surface area contributed by atoms with E-state index >= 15 is 0 Å². The van der Waals surface area contributed by atoms with Gasteiger partial charge in [-0.3, -0.25) is 9.36 Å².